The molecule has 7 heteroatoms. The molecule has 0 aromatic carbocycles. The quantitative estimate of drug-likeness (QED) is 0.302. The number of carbonyl (C=O) groups is 1. The molecule has 1 aliphatic rings. The molecule has 0 aromatic rings. The molecular formula is C7H12O7. The highest BCUT2D eigenvalue weighted by Crippen LogP contribution is 2.20. The lowest BCUT2D eigenvalue weighted by molar-refractivity contribution is -0.155. The summed E-state index contributed by atoms with van der Waals surface area (Å²) in [7, 11) is 0. The van der Waals surface area contributed by atoms with Gasteiger partial charge in [0.1, 0.15) is 18.3 Å². The summed E-state index contributed by atoms with van der Waals surface area (Å²) in [5.74, 6) is -1.06. The Morgan fingerprint density at radius 1 is 1.36 bits per heavy atom. The van der Waals surface area contributed by atoms with Gasteiger partial charge in [-0.2, -0.15) is 0 Å². The number of carbonyl (C=O) groups excluding carboxylic acids is 1. The molecule has 0 aliphatic carbocycles. The van der Waals surface area contributed by atoms with Crippen molar-refractivity contribution < 1.29 is 35.1 Å². The number of rotatable bonds is 3. The molecule has 5 unspecified atom stereocenters. The van der Waals surface area contributed by atoms with Crippen LogP contribution in [0.2, 0.25) is 0 Å². The number of aliphatic hydroxyl groups is 5. The molecule has 1 rings (SSSR count). The second-order valence-electron chi connectivity index (χ2n) is 3.08. The molecule has 1 saturated heterocycles. The van der Waals surface area contributed by atoms with Crippen molar-refractivity contribution in [1.82, 2.24) is 0 Å². The van der Waals surface area contributed by atoms with Gasteiger partial charge in [0, 0.05) is 0 Å². The summed E-state index contributed by atoms with van der Waals surface area (Å²) >= 11 is 0. The van der Waals surface area contributed by atoms with Gasteiger partial charge < -0.3 is 30.3 Å². The molecule has 5 atom stereocenters. The van der Waals surface area contributed by atoms with Crippen molar-refractivity contribution in [2.75, 3.05) is 6.61 Å². The third-order valence-corrected chi connectivity index (χ3v) is 2.07. The van der Waals surface area contributed by atoms with E-state index >= 15 is 0 Å². The van der Waals surface area contributed by atoms with E-state index in [2.05, 4.69) is 4.74 Å². The van der Waals surface area contributed by atoms with Gasteiger partial charge >= 0.3 is 5.97 Å². The van der Waals surface area contributed by atoms with E-state index in [9.17, 15) is 15.0 Å². The average Bonchev–Trinajstić information content (AvgIpc) is 2.43. The molecule has 7 nitrogen and oxygen atoms in total. The highest BCUT2D eigenvalue weighted by atomic mass is 16.6. The first-order chi connectivity index (χ1) is 6.49. The minimum absolute atomic E-state index is 0.738. The minimum Gasteiger partial charge on any atom is -0.455 e. The normalized spacial score (nSPS) is 36.6. The molecule has 0 radical (unpaired) electrons. The van der Waals surface area contributed by atoms with Gasteiger partial charge in [0.25, 0.3) is 0 Å². The van der Waals surface area contributed by atoms with Gasteiger partial charge in [-0.1, -0.05) is 0 Å². The Hall–Kier alpha value is -0.730. The molecule has 5 N–H and O–H groups in total. The summed E-state index contributed by atoms with van der Waals surface area (Å²) in [6.07, 6.45) is -7.90. The number of ether oxygens (including phenoxy) is 1. The van der Waals surface area contributed by atoms with Crippen LogP contribution in [0.4, 0.5) is 0 Å². The van der Waals surface area contributed by atoms with Crippen molar-refractivity contribution in [2.45, 2.75) is 30.5 Å². The molecule has 0 aromatic heterocycles. The van der Waals surface area contributed by atoms with Crippen molar-refractivity contribution in [3.8, 4) is 0 Å². The SMILES string of the molecule is O=C1OC(C(O)C(O)CO)C(O)C1O. The molecular weight excluding hydrogens is 196 g/mol. The Morgan fingerprint density at radius 3 is 2.29 bits per heavy atom. The van der Waals surface area contributed by atoms with E-state index in [-0.39, 0.29) is 0 Å². The van der Waals surface area contributed by atoms with Crippen LogP contribution in [0.15, 0.2) is 0 Å². The topological polar surface area (TPSA) is 127 Å². The predicted molar refractivity (Wildman–Crippen MR) is 41.0 cm³/mol. The Kier molecular flexibility index (Phi) is 3.40. The maximum Gasteiger partial charge on any atom is 0.338 e. The highest BCUT2D eigenvalue weighted by molar-refractivity contribution is 5.77. The van der Waals surface area contributed by atoms with E-state index in [1.165, 1.54) is 0 Å². The maximum absolute atomic E-state index is 10.7. The molecule has 0 spiro atoms. The second kappa shape index (κ2) is 4.20. The third-order valence-electron chi connectivity index (χ3n) is 2.07. The number of hydrogen-bond donors (Lipinski definition) is 5. The number of cyclic esters (lactones) is 1. The maximum atomic E-state index is 10.7. The lowest BCUT2D eigenvalue weighted by atomic mass is 10.0. The summed E-state index contributed by atoms with van der Waals surface area (Å²) in [5, 5.41) is 44.9. The van der Waals surface area contributed by atoms with Crippen LogP contribution in [0.1, 0.15) is 0 Å². The fourth-order valence-corrected chi connectivity index (χ4v) is 1.19. The first-order valence-electron chi connectivity index (χ1n) is 4.02. The van der Waals surface area contributed by atoms with E-state index in [0.29, 0.717) is 0 Å². The Labute approximate surface area is 79.2 Å². The van der Waals surface area contributed by atoms with Crippen molar-refractivity contribution in [2.24, 2.45) is 0 Å². The number of aliphatic hydroxyl groups excluding tert-OH is 5. The van der Waals surface area contributed by atoms with Crippen LogP contribution in [-0.4, -0.2) is 68.6 Å². The van der Waals surface area contributed by atoms with E-state index < -0.39 is 43.1 Å². The van der Waals surface area contributed by atoms with E-state index in [0.717, 1.165) is 0 Å². The monoisotopic (exact) mass is 208 g/mol. The standard InChI is InChI=1S/C7H12O7/c8-1-2(9)3(10)6-4(11)5(12)7(13)14-6/h2-6,8-12H,1H2. The molecule has 1 heterocycles. The van der Waals surface area contributed by atoms with E-state index in [1.54, 1.807) is 0 Å². The van der Waals surface area contributed by atoms with Crippen LogP contribution in [0.5, 0.6) is 0 Å². The van der Waals surface area contributed by atoms with Crippen LogP contribution in [-0.2, 0) is 9.53 Å². The van der Waals surface area contributed by atoms with E-state index in [1.807, 2.05) is 0 Å². The Balaban J connectivity index is 2.66. The highest BCUT2D eigenvalue weighted by Gasteiger charge is 2.47. The zero-order valence-corrected chi connectivity index (χ0v) is 7.15. The van der Waals surface area contributed by atoms with Gasteiger partial charge in [-0.25, -0.2) is 4.79 Å². The molecule has 0 amide bonds. The van der Waals surface area contributed by atoms with Crippen LogP contribution in [0.3, 0.4) is 0 Å². The molecule has 82 valence electrons. The van der Waals surface area contributed by atoms with Crippen molar-refractivity contribution in [1.29, 1.82) is 0 Å². The van der Waals surface area contributed by atoms with Crippen molar-refractivity contribution >= 4 is 5.97 Å². The van der Waals surface area contributed by atoms with Crippen LogP contribution >= 0.6 is 0 Å². The van der Waals surface area contributed by atoms with Gasteiger partial charge in [0.05, 0.1) is 6.61 Å². The van der Waals surface area contributed by atoms with Crippen LogP contribution in [0.25, 0.3) is 0 Å². The second-order valence-corrected chi connectivity index (χ2v) is 3.08. The van der Waals surface area contributed by atoms with Gasteiger partial charge in [-0.3, -0.25) is 0 Å². The van der Waals surface area contributed by atoms with Crippen molar-refractivity contribution in [3.63, 3.8) is 0 Å². The van der Waals surface area contributed by atoms with Crippen LogP contribution < -0.4 is 0 Å². The minimum atomic E-state index is -1.72. The predicted octanol–water partition coefficient (Wildman–Crippen LogP) is -3.65. The summed E-state index contributed by atoms with van der Waals surface area (Å²) in [6.45, 7) is -0.738. The zero-order chi connectivity index (χ0) is 10.9. The third kappa shape index (κ3) is 1.86. The molecule has 1 aliphatic heterocycles. The summed E-state index contributed by atoms with van der Waals surface area (Å²) < 4.78 is 4.41. The average molecular weight is 208 g/mol. The molecule has 0 saturated carbocycles. The smallest absolute Gasteiger partial charge is 0.338 e. The number of esters is 1. The fourth-order valence-electron chi connectivity index (χ4n) is 1.19. The molecule has 14 heavy (non-hydrogen) atoms. The first kappa shape index (κ1) is 11.3. The van der Waals surface area contributed by atoms with Gasteiger partial charge in [0.15, 0.2) is 12.2 Å². The number of hydrogen-bond acceptors (Lipinski definition) is 7. The Morgan fingerprint density at radius 2 is 1.93 bits per heavy atom. The van der Waals surface area contributed by atoms with E-state index in [4.69, 9.17) is 15.3 Å². The fraction of sp³-hybridized carbons (Fsp3) is 0.857. The lowest BCUT2D eigenvalue weighted by Gasteiger charge is -2.23. The zero-order valence-electron chi connectivity index (χ0n) is 7.15. The van der Waals surface area contributed by atoms with Crippen molar-refractivity contribution in [3.05, 3.63) is 0 Å². The largest absolute Gasteiger partial charge is 0.455 e. The summed E-state index contributed by atoms with van der Waals surface area (Å²) in [6, 6.07) is 0. The Bertz CT molecular complexity index is 218. The molecule has 0 bridgehead atoms. The lowest BCUT2D eigenvalue weighted by Crippen LogP contribution is -2.46. The van der Waals surface area contributed by atoms with Crippen LogP contribution in [0, 0.1) is 0 Å². The summed E-state index contributed by atoms with van der Waals surface area (Å²) in [4.78, 5) is 10.7. The van der Waals surface area contributed by atoms with Gasteiger partial charge in [-0.05, 0) is 0 Å². The van der Waals surface area contributed by atoms with Gasteiger partial charge in [0.2, 0.25) is 0 Å². The molecule has 1 fully saturated rings. The first-order valence-corrected chi connectivity index (χ1v) is 4.02. The summed E-state index contributed by atoms with van der Waals surface area (Å²) in [5.41, 5.74) is 0. The van der Waals surface area contributed by atoms with Gasteiger partial charge in [-0.15, -0.1) is 0 Å².